The SMILES string of the molecule is Cc1cc2c(ccc3cc(C)n(-c4ccccc4)c32)n1-c1ccc(Br)cc1. The predicted octanol–water partition coefficient (Wildman–Crippen LogP) is 6.95. The molecular weight excluding hydrogens is 396 g/mol. The summed E-state index contributed by atoms with van der Waals surface area (Å²) in [7, 11) is 0. The molecule has 0 unspecified atom stereocenters. The van der Waals surface area contributed by atoms with E-state index in [1.54, 1.807) is 0 Å². The van der Waals surface area contributed by atoms with E-state index < -0.39 is 0 Å². The number of rotatable bonds is 2. The van der Waals surface area contributed by atoms with Crippen LogP contribution in [0.5, 0.6) is 0 Å². The van der Waals surface area contributed by atoms with Gasteiger partial charge in [-0.15, -0.1) is 0 Å². The molecule has 132 valence electrons. The van der Waals surface area contributed by atoms with Gasteiger partial charge in [0.25, 0.3) is 0 Å². The third kappa shape index (κ3) is 2.54. The van der Waals surface area contributed by atoms with Crippen molar-refractivity contribution in [3.8, 4) is 11.4 Å². The Balaban J connectivity index is 1.87. The van der Waals surface area contributed by atoms with Crippen molar-refractivity contribution in [2.75, 3.05) is 0 Å². The summed E-state index contributed by atoms with van der Waals surface area (Å²) in [5.41, 5.74) is 7.37. The molecule has 5 aromatic rings. The zero-order chi connectivity index (χ0) is 18.5. The topological polar surface area (TPSA) is 9.86 Å². The maximum Gasteiger partial charge on any atom is 0.0625 e. The van der Waals surface area contributed by atoms with Gasteiger partial charge in [0.05, 0.1) is 11.0 Å². The van der Waals surface area contributed by atoms with Gasteiger partial charge in [0, 0.05) is 38.0 Å². The fourth-order valence-electron chi connectivity index (χ4n) is 4.09. The first-order valence-electron chi connectivity index (χ1n) is 9.08. The van der Waals surface area contributed by atoms with E-state index in [4.69, 9.17) is 0 Å². The molecule has 0 aliphatic heterocycles. The molecule has 3 aromatic carbocycles. The largest absolute Gasteiger partial charge is 0.314 e. The fourth-order valence-corrected chi connectivity index (χ4v) is 4.35. The van der Waals surface area contributed by atoms with Crippen molar-refractivity contribution in [1.82, 2.24) is 9.13 Å². The lowest BCUT2D eigenvalue weighted by molar-refractivity contribution is 1.05. The van der Waals surface area contributed by atoms with Crippen LogP contribution in [-0.4, -0.2) is 9.13 Å². The monoisotopic (exact) mass is 414 g/mol. The van der Waals surface area contributed by atoms with Crippen LogP contribution in [-0.2, 0) is 0 Å². The fraction of sp³-hybridized carbons (Fsp3) is 0.0833. The lowest BCUT2D eigenvalue weighted by atomic mass is 10.1. The molecule has 2 nitrogen and oxygen atoms in total. The Bertz CT molecular complexity index is 1280. The normalized spacial score (nSPS) is 11.5. The highest BCUT2D eigenvalue weighted by Crippen LogP contribution is 2.34. The first kappa shape index (κ1) is 16.4. The molecule has 0 spiro atoms. The van der Waals surface area contributed by atoms with Crippen molar-refractivity contribution in [2.24, 2.45) is 0 Å². The molecule has 0 amide bonds. The highest BCUT2D eigenvalue weighted by Gasteiger charge is 2.15. The molecular formula is C24H19BrN2. The van der Waals surface area contributed by atoms with Crippen LogP contribution in [0.25, 0.3) is 33.2 Å². The van der Waals surface area contributed by atoms with Gasteiger partial charge in [-0.3, -0.25) is 0 Å². The number of nitrogens with zero attached hydrogens (tertiary/aromatic N) is 2. The Morgan fingerprint density at radius 1 is 0.667 bits per heavy atom. The van der Waals surface area contributed by atoms with Crippen LogP contribution in [0.3, 0.4) is 0 Å². The molecule has 0 bridgehead atoms. The molecule has 5 rings (SSSR count). The zero-order valence-corrected chi connectivity index (χ0v) is 16.9. The summed E-state index contributed by atoms with van der Waals surface area (Å²) >= 11 is 3.54. The number of hydrogen-bond acceptors (Lipinski definition) is 0. The molecule has 3 heteroatoms. The summed E-state index contributed by atoms with van der Waals surface area (Å²) < 4.78 is 5.79. The minimum atomic E-state index is 1.09. The van der Waals surface area contributed by atoms with E-state index >= 15 is 0 Å². The molecule has 2 heterocycles. The molecule has 0 radical (unpaired) electrons. The van der Waals surface area contributed by atoms with Crippen LogP contribution < -0.4 is 0 Å². The third-order valence-electron chi connectivity index (χ3n) is 5.21. The molecule has 0 fully saturated rings. The molecule has 0 saturated carbocycles. The Kier molecular flexibility index (Phi) is 3.73. The molecule has 0 atom stereocenters. The number of aromatic nitrogens is 2. The van der Waals surface area contributed by atoms with E-state index in [9.17, 15) is 0 Å². The number of fused-ring (bicyclic) bond motifs is 3. The molecule has 0 aliphatic rings. The van der Waals surface area contributed by atoms with Crippen molar-refractivity contribution in [1.29, 1.82) is 0 Å². The average Bonchev–Trinajstić information content (AvgIpc) is 3.19. The van der Waals surface area contributed by atoms with Crippen LogP contribution in [0.15, 0.2) is 83.3 Å². The second kappa shape index (κ2) is 6.14. The number of aryl methyl sites for hydroxylation is 2. The average molecular weight is 415 g/mol. The van der Waals surface area contributed by atoms with Gasteiger partial charge in [0.2, 0.25) is 0 Å². The summed E-state index contributed by atoms with van der Waals surface area (Å²) in [5.74, 6) is 0. The van der Waals surface area contributed by atoms with E-state index in [2.05, 4.69) is 118 Å². The Hall–Kier alpha value is -2.78. The van der Waals surface area contributed by atoms with Crippen molar-refractivity contribution in [3.05, 3.63) is 94.7 Å². The highest BCUT2D eigenvalue weighted by atomic mass is 79.9. The van der Waals surface area contributed by atoms with Crippen LogP contribution >= 0.6 is 15.9 Å². The molecule has 2 aromatic heterocycles. The van der Waals surface area contributed by atoms with E-state index in [-0.39, 0.29) is 0 Å². The van der Waals surface area contributed by atoms with Crippen molar-refractivity contribution in [3.63, 3.8) is 0 Å². The first-order chi connectivity index (χ1) is 13.1. The van der Waals surface area contributed by atoms with Crippen molar-refractivity contribution < 1.29 is 0 Å². The van der Waals surface area contributed by atoms with E-state index in [0.29, 0.717) is 0 Å². The quantitative estimate of drug-likeness (QED) is 0.295. The molecule has 27 heavy (non-hydrogen) atoms. The van der Waals surface area contributed by atoms with Crippen molar-refractivity contribution in [2.45, 2.75) is 13.8 Å². The van der Waals surface area contributed by atoms with Crippen LogP contribution in [0.4, 0.5) is 0 Å². The van der Waals surface area contributed by atoms with Gasteiger partial charge in [-0.25, -0.2) is 0 Å². The number of halogens is 1. The standard InChI is InChI=1S/C24H19BrN2/c1-16-14-18-8-13-23-22(24(18)27(16)20-6-4-3-5-7-20)15-17(2)26(23)21-11-9-19(25)10-12-21/h3-15H,1-2H3. The van der Waals surface area contributed by atoms with Gasteiger partial charge in [-0.2, -0.15) is 0 Å². The van der Waals surface area contributed by atoms with E-state index in [0.717, 1.165) is 4.47 Å². The van der Waals surface area contributed by atoms with Gasteiger partial charge < -0.3 is 9.13 Å². The van der Waals surface area contributed by atoms with E-state index in [1.165, 1.54) is 44.6 Å². The predicted molar refractivity (Wildman–Crippen MR) is 117 cm³/mol. The first-order valence-corrected chi connectivity index (χ1v) is 9.87. The number of para-hydroxylation sites is 1. The zero-order valence-electron chi connectivity index (χ0n) is 15.3. The van der Waals surface area contributed by atoms with Gasteiger partial charge >= 0.3 is 0 Å². The van der Waals surface area contributed by atoms with Gasteiger partial charge in [0.1, 0.15) is 0 Å². The summed E-state index contributed by atoms with van der Waals surface area (Å²) in [5, 5.41) is 2.56. The van der Waals surface area contributed by atoms with Gasteiger partial charge in [-0.05, 0) is 68.4 Å². The molecule has 0 aliphatic carbocycles. The minimum absolute atomic E-state index is 1.09. The van der Waals surface area contributed by atoms with Crippen LogP contribution in [0.1, 0.15) is 11.4 Å². The van der Waals surface area contributed by atoms with Crippen LogP contribution in [0, 0.1) is 13.8 Å². The van der Waals surface area contributed by atoms with E-state index in [1.807, 2.05) is 0 Å². The Labute approximate surface area is 166 Å². The lowest BCUT2D eigenvalue weighted by Crippen LogP contribution is -1.97. The maximum atomic E-state index is 3.54. The summed E-state index contributed by atoms with van der Waals surface area (Å²) in [6.07, 6.45) is 0. The van der Waals surface area contributed by atoms with Crippen molar-refractivity contribution >= 4 is 37.7 Å². The minimum Gasteiger partial charge on any atom is -0.314 e. The molecule has 0 saturated heterocycles. The second-order valence-electron chi connectivity index (χ2n) is 6.99. The number of hydrogen-bond donors (Lipinski definition) is 0. The number of benzene rings is 3. The summed E-state index contributed by atoms with van der Waals surface area (Å²) in [4.78, 5) is 0. The van der Waals surface area contributed by atoms with Gasteiger partial charge in [0.15, 0.2) is 0 Å². The lowest BCUT2D eigenvalue weighted by Gasteiger charge is -2.11. The summed E-state index contributed by atoms with van der Waals surface area (Å²) in [6, 6.07) is 28.1. The smallest absolute Gasteiger partial charge is 0.0625 e. The second-order valence-corrected chi connectivity index (χ2v) is 7.91. The maximum absolute atomic E-state index is 3.54. The Morgan fingerprint density at radius 3 is 2.07 bits per heavy atom. The molecule has 0 N–H and O–H groups in total. The third-order valence-corrected chi connectivity index (χ3v) is 5.74. The van der Waals surface area contributed by atoms with Gasteiger partial charge in [-0.1, -0.05) is 40.2 Å². The summed E-state index contributed by atoms with van der Waals surface area (Å²) in [6.45, 7) is 4.36. The van der Waals surface area contributed by atoms with Crippen LogP contribution in [0.2, 0.25) is 0 Å². The highest BCUT2D eigenvalue weighted by molar-refractivity contribution is 9.10. The Morgan fingerprint density at radius 2 is 1.33 bits per heavy atom.